The number of amides is 1. The zero-order valence-corrected chi connectivity index (χ0v) is 12.7. The Labute approximate surface area is 132 Å². The lowest BCUT2D eigenvalue weighted by Gasteiger charge is -2.23. The van der Waals surface area contributed by atoms with E-state index in [9.17, 15) is 4.79 Å². The van der Waals surface area contributed by atoms with Crippen LogP contribution >= 0.6 is 23.2 Å². The van der Waals surface area contributed by atoms with Crippen molar-refractivity contribution in [2.24, 2.45) is 5.92 Å². The van der Waals surface area contributed by atoms with Crippen LogP contribution in [-0.4, -0.2) is 15.9 Å². The number of nitrogens with one attached hydrogen (secondary N) is 1. The van der Waals surface area contributed by atoms with Crippen LogP contribution in [-0.2, 0) is 17.6 Å². The first-order valence-corrected chi connectivity index (χ1v) is 7.44. The van der Waals surface area contributed by atoms with Crippen LogP contribution in [0.15, 0.2) is 30.6 Å². The van der Waals surface area contributed by atoms with Gasteiger partial charge < -0.3 is 5.32 Å². The number of hydrogen-bond acceptors (Lipinski definition) is 3. The maximum atomic E-state index is 12.4. The molecule has 3 rings (SSSR count). The van der Waals surface area contributed by atoms with Gasteiger partial charge in [0.05, 0.1) is 0 Å². The largest absolute Gasteiger partial charge is 0.321 e. The van der Waals surface area contributed by atoms with Crippen LogP contribution in [0.1, 0.15) is 17.5 Å². The summed E-state index contributed by atoms with van der Waals surface area (Å²) in [5.41, 5.74) is 2.83. The number of hydrogen-bond donors (Lipinski definition) is 1. The molecule has 1 aliphatic carbocycles. The fraction of sp³-hybridized carbons (Fsp3) is 0.267. The summed E-state index contributed by atoms with van der Waals surface area (Å²) in [4.78, 5) is 20.1. The van der Waals surface area contributed by atoms with E-state index in [0.29, 0.717) is 0 Å². The second-order valence-electron chi connectivity index (χ2n) is 5.03. The number of halogens is 2. The van der Waals surface area contributed by atoms with Gasteiger partial charge in [-0.3, -0.25) is 4.79 Å². The maximum absolute atomic E-state index is 12.4. The topological polar surface area (TPSA) is 54.9 Å². The normalized spacial score (nSPS) is 17.1. The van der Waals surface area contributed by atoms with E-state index in [1.54, 1.807) is 0 Å². The molecule has 1 unspecified atom stereocenters. The van der Waals surface area contributed by atoms with Crippen molar-refractivity contribution in [3.63, 3.8) is 0 Å². The van der Waals surface area contributed by atoms with Crippen LogP contribution in [0.25, 0.3) is 0 Å². The molecule has 1 heterocycles. The SMILES string of the molecule is O=C(Nc1c(Cl)ncnc1Cl)C1CCc2ccccc2C1. The Kier molecular flexibility index (Phi) is 4.08. The Hall–Kier alpha value is -1.65. The summed E-state index contributed by atoms with van der Waals surface area (Å²) in [6, 6.07) is 8.21. The Morgan fingerprint density at radius 2 is 1.81 bits per heavy atom. The highest BCUT2D eigenvalue weighted by Gasteiger charge is 2.25. The molecule has 108 valence electrons. The van der Waals surface area contributed by atoms with Crippen LogP contribution in [0.4, 0.5) is 5.69 Å². The van der Waals surface area contributed by atoms with E-state index in [-0.39, 0.29) is 27.8 Å². The van der Waals surface area contributed by atoms with Gasteiger partial charge in [0, 0.05) is 5.92 Å². The fourth-order valence-electron chi connectivity index (χ4n) is 2.59. The van der Waals surface area contributed by atoms with Gasteiger partial charge in [-0.15, -0.1) is 0 Å². The first kappa shape index (κ1) is 14.3. The number of carbonyl (C=O) groups is 1. The first-order valence-electron chi connectivity index (χ1n) is 6.69. The minimum absolute atomic E-state index is 0.0905. The van der Waals surface area contributed by atoms with Crippen molar-refractivity contribution >= 4 is 34.8 Å². The smallest absolute Gasteiger partial charge is 0.227 e. The van der Waals surface area contributed by atoms with Crippen molar-refractivity contribution in [2.75, 3.05) is 5.32 Å². The quantitative estimate of drug-likeness (QED) is 0.861. The van der Waals surface area contributed by atoms with Crippen LogP contribution in [0.5, 0.6) is 0 Å². The van der Waals surface area contributed by atoms with Crippen LogP contribution in [0, 0.1) is 5.92 Å². The van der Waals surface area contributed by atoms with Gasteiger partial charge in [-0.25, -0.2) is 9.97 Å². The van der Waals surface area contributed by atoms with Gasteiger partial charge in [0.25, 0.3) is 0 Å². The Balaban J connectivity index is 1.76. The van der Waals surface area contributed by atoms with Crippen molar-refractivity contribution in [3.8, 4) is 0 Å². The van der Waals surface area contributed by atoms with Crippen molar-refractivity contribution in [2.45, 2.75) is 19.3 Å². The molecular weight excluding hydrogens is 309 g/mol. The lowest BCUT2D eigenvalue weighted by molar-refractivity contribution is -0.120. The molecule has 21 heavy (non-hydrogen) atoms. The number of rotatable bonds is 2. The van der Waals surface area contributed by atoms with E-state index in [1.807, 2.05) is 12.1 Å². The highest BCUT2D eigenvalue weighted by atomic mass is 35.5. The third kappa shape index (κ3) is 3.01. The summed E-state index contributed by atoms with van der Waals surface area (Å²) < 4.78 is 0. The number of nitrogens with zero attached hydrogens (tertiary/aromatic N) is 2. The average Bonchev–Trinajstić information content (AvgIpc) is 2.50. The van der Waals surface area contributed by atoms with Crippen molar-refractivity contribution in [3.05, 3.63) is 52.0 Å². The predicted octanol–water partition coefficient (Wildman–Crippen LogP) is 3.53. The number of aromatic nitrogens is 2. The van der Waals surface area contributed by atoms with Gasteiger partial charge in [0.1, 0.15) is 12.0 Å². The molecule has 1 amide bonds. The zero-order chi connectivity index (χ0) is 14.8. The minimum atomic E-state index is -0.0943. The summed E-state index contributed by atoms with van der Waals surface area (Å²) in [7, 11) is 0. The molecule has 0 aliphatic heterocycles. The Bertz CT molecular complexity index is 670. The zero-order valence-electron chi connectivity index (χ0n) is 11.1. The molecule has 0 saturated heterocycles. The molecule has 0 saturated carbocycles. The Morgan fingerprint density at radius 3 is 2.52 bits per heavy atom. The molecule has 1 atom stereocenters. The van der Waals surface area contributed by atoms with E-state index in [0.717, 1.165) is 19.3 Å². The molecule has 1 aromatic heterocycles. The second-order valence-corrected chi connectivity index (χ2v) is 5.74. The molecule has 6 heteroatoms. The number of anilines is 1. The highest BCUT2D eigenvalue weighted by molar-refractivity contribution is 6.38. The third-order valence-corrected chi connectivity index (χ3v) is 4.29. The maximum Gasteiger partial charge on any atom is 0.227 e. The van der Waals surface area contributed by atoms with Gasteiger partial charge in [-0.2, -0.15) is 0 Å². The lowest BCUT2D eigenvalue weighted by atomic mass is 9.83. The number of aryl methyl sites for hydroxylation is 1. The van der Waals surface area contributed by atoms with E-state index in [1.165, 1.54) is 17.5 Å². The summed E-state index contributed by atoms with van der Waals surface area (Å²) in [6.45, 7) is 0. The molecular formula is C15H13Cl2N3O. The summed E-state index contributed by atoms with van der Waals surface area (Å²) in [5.74, 6) is -0.185. The van der Waals surface area contributed by atoms with Crippen LogP contribution in [0.3, 0.4) is 0 Å². The average molecular weight is 322 g/mol. The lowest BCUT2D eigenvalue weighted by Crippen LogP contribution is -2.28. The van der Waals surface area contributed by atoms with Gasteiger partial charge in [-0.1, -0.05) is 47.5 Å². The summed E-state index contributed by atoms with van der Waals surface area (Å²) in [6.07, 6.45) is 3.70. The van der Waals surface area contributed by atoms with Crippen molar-refractivity contribution in [1.82, 2.24) is 9.97 Å². The molecule has 0 bridgehead atoms. The van der Waals surface area contributed by atoms with E-state index >= 15 is 0 Å². The molecule has 0 spiro atoms. The molecule has 2 aromatic rings. The van der Waals surface area contributed by atoms with E-state index in [4.69, 9.17) is 23.2 Å². The fourth-order valence-corrected chi connectivity index (χ4v) is 3.00. The van der Waals surface area contributed by atoms with E-state index in [2.05, 4.69) is 27.4 Å². The van der Waals surface area contributed by atoms with Crippen LogP contribution in [0.2, 0.25) is 10.3 Å². The van der Waals surface area contributed by atoms with Crippen LogP contribution < -0.4 is 5.32 Å². The summed E-state index contributed by atoms with van der Waals surface area (Å²) in [5, 5.41) is 3.06. The standard InChI is InChI=1S/C15H13Cl2N3O/c16-13-12(14(17)19-8-18-13)20-15(21)11-6-5-9-3-1-2-4-10(9)7-11/h1-4,8,11H,5-7H2,(H,20,21). The molecule has 1 N–H and O–H groups in total. The number of fused-ring (bicyclic) bond motifs is 1. The highest BCUT2D eigenvalue weighted by Crippen LogP contribution is 2.29. The molecule has 0 fully saturated rings. The minimum Gasteiger partial charge on any atom is -0.321 e. The number of benzene rings is 1. The molecule has 4 nitrogen and oxygen atoms in total. The molecule has 1 aromatic carbocycles. The monoisotopic (exact) mass is 321 g/mol. The van der Waals surface area contributed by atoms with Gasteiger partial charge in [0.15, 0.2) is 10.3 Å². The predicted molar refractivity (Wildman–Crippen MR) is 82.6 cm³/mol. The molecule has 0 radical (unpaired) electrons. The second kappa shape index (κ2) is 6.00. The first-order chi connectivity index (χ1) is 10.1. The van der Waals surface area contributed by atoms with Crippen molar-refractivity contribution in [1.29, 1.82) is 0 Å². The summed E-state index contributed by atoms with van der Waals surface area (Å²) >= 11 is 11.9. The van der Waals surface area contributed by atoms with Gasteiger partial charge in [0.2, 0.25) is 5.91 Å². The van der Waals surface area contributed by atoms with Gasteiger partial charge in [-0.05, 0) is 30.4 Å². The molecule has 1 aliphatic rings. The Morgan fingerprint density at radius 1 is 1.14 bits per heavy atom. The number of carbonyl (C=O) groups excluding carboxylic acids is 1. The third-order valence-electron chi connectivity index (χ3n) is 3.72. The van der Waals surface area contributed by atoms with E-state index < -0.39 is 0 Å². The van der Waals surface area contributed by atoms with Crippen molar-refractivity contribution < 1.29 is 4.79 Å². The van der Waals surface area contributed by atoms with Gasteiger partial charge >= 0.3 is 0 Å².